The molecule has 1 aliphatic rings. The molecule has 4 rings (SSSR count). The molecule has 6 heteroatoms. The first-order valence-electron chi connectivity index (χ1n) is 9.59. The molecule has 0 saturated heterocycles. The molecular formula is C25H20O6. The Kier molecular flexibility index (Phi) is 5.45. The lowest BCUT2D eigenvalue weighted by Crippen LogP contribution is -2.12. The van der Waals surface area contributed by atoms with Crippen molar-refractivity contribution in [3.05, 3.63) is 88.7 Å². The standard InChI is InChI=1S/C25H20O6/c1-15-18(31-25(27)22-19(28-2)10-7-11-20(22)29-3)13-12-17-23(26)21(30-24(15)17)14-16-8-5-4-6-9-16/h4-14H,1-3H3/b21-14-. The highest BCUT2D eigenvalue weighted by Crippen LogP contribution is 2.40. The second-order valence-corrected chi connectivity index (χ2v) is 6.84. The van der Waals surface area contributed by atoms with Gasteiger partial charge in [0.1, 0.15) is 28.6 Å². The molecule has 3 aromatic rings. The predicted octanol–water partition coefficient (Wildman–Crippen LogP) is 4.85. The van der Waals surface area contributed by atoms with Crippen LogP contribution >= 0.6 is 0 Å². The molecule has 0 amide bonds. The van der Waals surface area contributed by atoms with E-state index in [-0.39, 0.29) is 22.9 Å². The molecule has 3 aromatic carbocycles. The molecule has 0 atom stereocenters. The highest BCUT2D eigenvalue weighted by Gasteiger charge is 2.31. The molecule has 0 aliphatic carbocycles. The van der Waals surface area contributed by atoms with Crippen molar-refractivity contribution in [1.29, 1.82) is 0 Å². The molecule has 6 nitrogen and oxygen atoms in total. The van der Waals surface area contributed by atoms with Crippen molar-refractivity contribution in [2.24, 2.45) is 0 Å². The summed E-state index contributed by atoms with van der Waals surface area (Å²) < 4.78 is 22.0. The molecule has 0 aromatic heterocycles. The number of rotatable bonds is 5. The lowest BCUT2D eigenvalue weighted by atomic mass is 10.1. The van der Waals surface area contributed by atoms with Gasteiger partial charge in [0.2, 0.25) is 5.78 Å². The van der Waals surface area contributed by atoms with Crippen LogP contribution in [-0.4, -0.2) is 26.0 Å². The summed E-state index contributed by atoms with van der Waals surface area (Å²) in [6, 6.07) is 17.6. The van der Waals surface area contributed by atoms with Crippen molar-refractivity contribution >= 4 is 17.8 Å². The maximum atomic E-state index is 12.9. The van der Waals surface area contributed by atoms with Gasteiger partial charge in [-0.1, -0.05) is 36.4 Å². The van der Waals surface area contributed by atoms with Gasteiger partial charge < -0.3 is 18.9 Å². The summed E-state index contributed by atoms with van der Waals surface area (Å²) in [6.07, 6.45) is 1.69. The molecule has 0 spiro atoms. The van der Waals surface area contributed by atoms with Crippen LogP contribution in [0.4, 0.5) is 0 Å². The third kappa shape index (κ3) is 3.75. The number of esters is 1. The summed E-state index contributed by atoms with van der Waals surface area (Å²) in [4.78, 5) is 25.6. The largest absolute Gasteiger partial charge is 0.496 e. The second kappa shape index (κ2) is 8.36. The van der Waals surface area contributed by atoms with Gasteiger partial charge in [-0.2, -0.15) is 0 Å². The van der Waals surface area contributed by atoms with Gasteiger partial charge in [0.15, 0.2) is 5.76 Å². The first-order valence-corrected chi connectivity index (χ1v) is 9.59. The van der Waals surface area contributed by atoms with Gasteiger partial charge >= 0.3 is 5.97 Å². The van der Waals surface area contributed by atoms with Crippen LogP contribution in [0.3, 0.4) is 0 Å². The van der Waals surface area contributed by atoms with Crippen molar-refractivity contribution < 1.29 is 28.5 Å². The van der Waals surface area contributed by atoms with Crippen LogP contribution in [-0.2, 0) is 0 Å². The summed E-state index contributed by atoms with van der Waals surface area (Å²) >= 11 is 0. The lowest BCUT2D eigenvalue weighted by Gasteiger charge is -2.14. The average Bonchev–Trinajstić information content (AvgIpc) is 3.11. The van der Waals surface area contributed by atoms with E-state index in [9.17, 15) is 9.59 Å². The topological polar surface area (TPSA) is 71.1 Å². The molecular weight excluding hydrogens is 396 g/mol. The zero-order valence-corrected chi connectivity index (χ0v) is 17.3. The van der Waals surface area contributed by atoms with Gasteiger partial charge in [0.05, 0.1) is 19.8 Å². The van der Waals surface area contributed by atoms with Gasteiger partial charge in [-0.15, -0.1) is 0 Å². The first-order chi connectivity index (χ1) is 15.0. The molecule has 1 heterocycles. The molecule has 31 heavy (non-hydrogen) atoms. The Balaban J connectivity index is 1.65. The van der Waals surface area contributed by atoms with Gasteiger partial charge in [-0.25, -0.2) is 4.79 Å². The van der Waals surface area contributed by atoms with Crippen LogP contribution in [0.15, 0.2) is 66.4 Å². The Labute approximate surface area is 179 Å². The number of fused-ring (bicyclic) bond motifs is 1. The number of benzene rings is 3. The summed E-state index contributed by atoms with van der Waals surface area (Å²) in [5.41, 5.74) is 2.00. The molecule has 0 fully saturated rings. The zero-order valence-electron chi connectivity index (χ0n) is 17.3. The summed E-state index contributed by atoms with van der Waals surface area (Å²) in [7, 11) is 2.93. The fourth-order valence-corrected chi connectivity index (χ4v) is 3.38. The predicted molar refractivity (Wildman–Crippen MR) is 115 cm³/mol. The maximum Gasteiger partial charge on any atom is 0.351 e. The van der Waals surface area contributed by atoms with Crippen molar-refractivity contribution in [2.45, 2.75) is 6.92 Å². The van der Waals surface area contributed by atoms with Crippen LogP contribution in [0.1, 0.15) is 31.8 Å². The fourth-order valence-electron chi connectivity index (χ4n) is 3.38. The quantitative estimate of drug-likeness (QED) is 0.336. The number of allylic oxidation sites excluding steroid dienone is 1. The molecule has 0 radical (unpaired) electrons. The Morgan fingerprint density at radius 1 is 0.871 bits per heavy atom. The third-order valence-corrected chi connectivity index (χ3v) is 4.97. The number of carbonyl (C=O) groups excluding carboxylic acids is 2. The normalized spacial score (nSPS) is 13.5. The molecule has 0 saturated carbocycles. The molecule has 0 bridgehead atoms. The van der Waals surface area contributed by atoms with E-state index in [2.05, 4.69) is 0 Å². The Morgan fingerprint density at radius 3 is 2.19 bits per heavy atom. The van der Waals surface area contributed by atoms with E-state index in [1.165, 1.54) is 14.2 Å². The van der Waals surface area contributed by atoms with Crippen molar-refractivity contribution in [3.63, 3.8) is 0 Å². The minimum absolute atomic E-state index is 0.175. The van der Waals surface area contributed by atoms with E-state index in [1.807, 2.05) is 30.3 Å². The lowest BCUT2D eigenvalue weighted by molar-refractivity contribution is 0.0726. The number of methoxy groups -OCH3 is 2. The van der Waals surface area contributed by atoms with Gasteiger partial charge in [-0.05, 0) is 42.8 Å². The van der Waals surface area contributed by atoms with Crippen molar-refractivity contribution in [1.82, 2.24) is 0 Å². The van der Waals surface area contributed by atoms with Crippen LogP contribution in [0.5, 0.6) is 23.0 Å². The minimum atomic E-state index is -0.637. The Morgan fingerprint density at radius 2 is 1.55 bits per heavy atom. The van der Waals surface area contributed by atoms with Crippen LogP contribution in [0, 0.1) is 6.92 Å². The van der Waals surface area contributed by atoms with E-state index in [0.29, 0.717) is 28.4 Å². The number of carbonyl (C=O) groups is 2. The number of hydrogen-bond donors (Lipinski definition) is 0. The van der Waals surface area contributed by atoms with Crippen molar-refractivity contribution in [2.75, 3.05) is 14.2 Å². The smallest absolute Gasteiger partial charge is 0.351 e. The van der Waals surface area contributed by atoms with E-state index in [4.69, 9.17) is 18.9 Å². The van der Waals surface area contributed by atoms with E-state index < -0.39 is 5.97 Å². The van der Waals surface area contributed by atoms with E-state index in [1.54, 1.807) is 43.3 Å². The number of ether oxygens (including phenoxy) is 4. The van der Waals surface area contributed by atoms with Gasteiger partial charge in [0.25, 0.3) is 0 Å². The molecule has 1 aliphatic heterocycles. The van der Waals surface area contributed by atoms with Crippen LogP contribution < -0.4 is 18.9 Å². The minimum Gasteiger partial charge on any atom is -0.496 e. The van der Waals surface area contributed by atoms with E-state index in [0.717, 1.165) is 5.56 Å². The van der Waals surface area contributed by atoms with Crippen LogP contribution in [0.2, 0.25) is 0 Å². The van der Waals surface area contributed by atoms with Crippen LogP contribution in [0.25, 0.3) is 6.08 Å². The number of hydrogen-bond acceptors (Lipinski definition) is 6. The highest BCUT2D eigenvalue weighted by molar-refractivity contribution is 6.15. The summed E-state index contributed by atoms with van der Waals surface area (Å²) in [6.45, 7) is 1.74. The Hall–Kier alpha value is -4.06. The Bertz CT molecular complexity index is 1170. The number of Topliss-reactive ketones (excluding diaryl/α,β-unsaturated/α-hetero) is 1. The van der Waals surface area contributed by atoms with Gasteiger partial charge in [0, 0.05) is 5.56 Å². The molecule has 0 unspecified atom stereocenters. The zero-order chi connectivity index (χ0) is 22.0. The first kappa shape index (κ1) is 20.2. The average molecular weight is 416 g/mol. The fraction of sp³-hybridized carbons (Fsp3) is 0.120. The van der Waals surface area contributed by atoms with E-state index >= 15 is 0 Å². The summed E-state index contributed by atoms with van der Waals surface area (Å²) in [5, 5.41) is 0. The maximum absolute atomic E-state index is 12.9. The van der Waals surface area contributed by atoms with Gasteiger partial charge in [-0.3, -0.25) is 4.79 Å². The second-order valence-electron chi connectivity index (χ2n) is 6.84. The number of ketones is 1. The summed E-state index contributed by atoms with van der Waals surface area (Å²) in [5.74, 6) is 0.701. The molecule has 0 N–H and O–H groups in total. The SMILES string of the molecule is COc1cccc(OC)c1C(=O)Oc1ccc2c(c1C)O/C(=C\c1ccccc1)C2=O. The highest BCUT2D eigenvalue weighted by atomic mass is 16.5. The molecule has 156 valence electrons. The monoisotopic (exact) mass is 416 g/mol. The van der Waals surface area contributed by atoms with Crippen molar-refractivity contribution in [3.8, 4) is 23.0 Å². The third-order valence-electron chi connectivity index (χ3n) is 4.97.